The highest BCUT2D eigenvalue weighted by molar-refractivity contribution is 5.77. The first kappa shape index (κ1) is 19.2. The van der Waals surface area contributed by atoms with Crippen LogP contribution in [0.2, 0.25) is 0 Å². The predicted molar refractivity (Wildman–Crippen MR) is 95.7 cm³/mol. The van der Waals surface area contributed by atoms with Crippen LogP contribution in [0, 0.1) is 5.82 Å². The number of urea groups is 1. The average Bonchev–Trinajstić information content (AvgIpc) is 2.52. The number of hydrogen-bond acceptors (Lipinski definition) is 2. The van der Waals surface area contributed by atoms with Crippen LogP contribution >= 0.6 is 0 Å². The Morgan fingerprint density at radius 3 is 2.52 bits per heavy atom. The van der Waals surface area contributed by atoms with E-state index >= 15 is 0 Å². The second-order valence-corrected chi connectivity index (χ2v) is 7.64. The number of nitrogens with zero attached hydrogens (tertiary/aromatic N) is 1. The van der Waals surface area contributed by atoms with Gasteiger partial charge in [0.2, 0.25) is 5.91 Å². The van der Waals surface area contributed by atoms with Crippen molar-refractivity contribution < 1.29 is 14.0 Å². The molecule has 0 radical (unpaired) electrons. The molecule has 1 aliphatic heterocycles. The largest absolute Gasteiger partial charge is 0.353 e. The summed E-state index contributed by atoms with van der Waals surface area (Å²) in [5.41, 5.74) is 0.572. The molecule has 1 heterocycles. The molecular formula is C19H28FN3O2. The summed E-state index contributed by atoms with van der Waals surface area (Å²) < 4.78 is 13.1. The number of aryl methyl sites for hydroxylation is 1. The number of nitrogens with one attached hydrogen (secondary N) is 2. The van der Waals surface area contributed by atoms with Crippen LogP contribution in [0.4, 0.5) is 9.18 Å². The lowest BCUT2D eigenvalue weighted by Crippen LogP contribution is -2.53. The monoisotopic (exact) mass is 349 g/mol. The molecule has 1 fully saturated rings. The van der Waals surface area contributed by atoms with Gasteiger partial charge in [0.25, 0.3) is 0 Å². The van der Waals surface area contributed by atoms with Gasteiger partial charge in [0.1, 0.15) is 5.82 Å². The van der Waals surface area contributed by atoms with Gasteiger partial charge in [0.15, 0.2) is 0 Å². The Kier molecular flexibility index (Phi) is 6.39. The normalized spacial score (nSPS) is 15.8. The summed E-state index contributed by atoms with van der Waals surface area (Å²) in [7, 11) is 0. The van der Waals surface area contributed by atoms with E-state index < -0.39 is 0 Å². The summed E-state index contributed by atoms with van der Waals surface area (Å²) in [6, 6.07) is 6.37. The number of piperidine rings is 1. The number of rotatable bonds is 4. The molecule has 3 amide bonds. The highest BCUT2D eigenvalue weighted by atomic mass is 19.1. The van der Waals surface area contributed by atoms with Gasteiger partial charge < -0.3 is 15.5 Å². The van der Waals surface area contributed by atoms with Gasteiger partial charge in [-0.3, -0.25) is 4.79 Å². The Morgan fingerprint density at radius 1 is 1.24 bits per heavy atom. The van der Waals surface area contributed by atoms with Crippen LogP contribution in [0.1, 0.15) is 45.6 Å². The number of amides is 3. The molecule has 1 aliphatic rings. The predicted octanol–water partition coefficient (Wildman–Crippen LogP) is 2.85. The van der Waals surface area contributed by atoms with Crippen molar-refractivity contribution in [1.29, 1.82) is 0 Å². The van der Waals surface area contributed by atoms with Crippen molar-refractivity contribution in [2.45, 2.75) is 58.0 Å². The Balaban J connectivity index is 1.70. The fraction of sp³-hybridized carbons (Fsp3) is 0.579. The molecule has 5 nitrogen and oxygen atoms in total. The molecule has 2 rings (SSSR count). The number of halogens is 1. The molecule has 0 aliphatic carbocycles. The zero-order valence-electron chi connectivity index (χ0n) is 15.3. The minimum Gasteiger partial charge on any atom is -0.353 e. The molecule has 2 N–H and O–H groups in total. The molecule has 1 aromatic carbocycles. The molecular weight excluding hydrogens is 321 g/mol. The van der Waals surface area contributed by atoms with E-state index in [-0.39, 0.29) is 29.3 Å². The van der Waals surface area contributed by atoms with Gasteiger partial charge in [-0.15, -0.1) is 0 Å². The Bertz CT molecular complexity index is 605. The van der Waals surface area contributed by atoms with Crippen molar-refractivity contribution in [2.24, 2.45) is 0 Å². The van der Waals surface area contributed by atoms with Crippen molar-refractivity contribution >= 4 is 11.9 Å². The van der Waals surface area contributed by atoms with E-state index in [2.05, 4.69) is 10.6 Å². The zero-order valence-corrected chi connectivity index (χ0v) is 15.3. The smallest absolute Gasteiger partial charge is 0.317 e. The van der Waals surface area contributed by atoms with Crippen LogP contribution in [0.15, 0.2) is 24.3 Å². The topological polar surface area (TPSA) is 61.4 Å². The first-order valence-electron chi connectivity index (χ1n) is 8.84. The van der Waals surface area contributed by atoms with Gasteiger partial charge in [0, 0.05) is 31.1 Å². The second kappa shape index (κ2) is 8.32. The highest BCUT2D eigenvalue weighted by Gasteiger charge is 2.25. The van der Waals surface area contributed by atoms with Crippen molar-refractivity contribution in [2.75, 3.05) is 13.1 Å². The van der Waals surface area contributed by atoms with Crippen LogP contribution in [-0.2, 0) is 11.2 Å². The van der Waals surface area contributed by atoms with Crippen molar-refractivity contribution in [3.05, 3.63) is 35.6 Å². The molecule has 0 saturated carbocycles. The van der Waals surface area contributed by atoms with Crippen LogP contribution in [-0.4, -0.2) is 41.5 Å². The van der Waals surface area contributed by atoms with Gasteiger partial charge in [0.05, 0.1) is 0 Å². The number of likely N-dealkylation sites (tertiary alicyclic amines) is 1. The molecule has 25 heavy (non-hydrogen) atoms. The molecule has 0 unspecified atom stereocenters. The number of hydrogen-bond donors (Lipinski definition) is 2. The molecule has 0 spiro atoms. The maximum Gasteiger partial charge on any atom is 0.317 e. The maximum absolute atomic E-state index is 13.1. The average molecular weight is 349 g/mol. The van der Waals surface area contributed by atoms with Crippen molar-refractivity contribution in [3.8, 4) is 0 Å². The summed E-state index contributed by atoms with van der Waals surface area (Å²) >= 11 is 0. The number of benzene rings is 1. The fourth-order valence-corrected chi connectivity index (χ4v) is 2.88. The molecule has 1 saturated heterocycles. The molecule has 0 aromatic heterocycles. The van der Waals surface area contributed by atoms with E-state index in [0.29, 0.717) is 25.9 Å². The Morgan fingerprint density at radius 2 is 1.92 bits per heavy atom. The first-order chi connectivity index (χ1) is 11.7. The quantitative estimate of drug-likeness (QED) is 0.878. The van der Waals surface area contributed by atoms with E-state index in [4.69, 9.17) is 0 Å². The van der Waals surface area contributed by atoms with Gasteiger partial charge in [-0.05, 0) is 57.7 Å². The summed E-state index contributed by atoms with van der Waals surface area (Å²) in [5.74, 6) is -0.305. The lowest BCUT2D eigenvalue weighted by atomic mass is 10.0. The minimum absolute atomic E-state index is 0.0261. The van der Waals surface area contributed by atoms with E-state index in [1.165, 1.54) is 12.1 Å². The SMILES string of the molecule is CC(C)(C)NC(=O)N1CCC(NC(=O)CCc2cccc(F)c2)CC1. The van der Waals surface area contributed by atoms with E-state index in [9.17, 15) is 14.0 Å². The third-order valence-corrected chi connectivity index (χ3v) is 4.16. The Labute approximate surface area is 149 Å². The van der Waals surface area contributed by atoms with Crippen molar-refractivity contribution in [1.82, 2.24) is 15.5 Å². The molecule has 1 aromatic rings. The van der Waals surface area contributed by atoms with Crippen molar-refractivity contribution in [3.63, 3.8) is 0 Å². The van der Waals surface area contributed by atoms with Crippen LogP contribution < -0.4 is 10.6 Å². The van der Waals surface area contributed by atoms with E-state index in [1.54, 1.807) is 11.0 Å². The van der Waals surface area contributed by atoms with E-state index in [1.807, 2.05) is 26.8 Å². The van der Waals surface area contributed by atoms with Crippen LogP contribution in [0.25, 0.3) is 0 Å². The standard InChI is InChI=1S/C19H28FN3O2/c1-19(2,3)22-18(25)23-11-9-16(10-12-23)21-17(24)8-7-14-5-4-6-15(20)13-14/h4-6,13,16H,7-12H2,1-3H3,(H,21,24)(H,22,25). The Hall–Kier alpha value is -2.11. The maximum atomic E-state index is 13.1. The summed E-state index contributed by atoms with van der Waals surface area (Å²) in [4.78, 5) is 26.0. The second-order valence-electron chi connectivity index (χ2n) is 7.64. The van der Waals surface area contributed by atoms with Crippen LogP contribution in [0.3, 0.4) is 0 Å². The first-order valence-corrected chi connectivity index (χ1v) is 8.84. The molecule has 138 valence electrons. The van der Waals surface area contributed by atoms with Gasteiger partial charge >= 0.3 is 6.03 Å². The van der Waals surface area contributed by atoms with Gasteiger partial charge in [-0.25, -0.2) is 9.18 Å². The fourth-order valence-electron chi connectivity index (χ4n) is 2.88. The lowest BCUT2D eigenvalue weighted by Gasteiger charge is -2.34. The minimum atomic E-state index is -0.279. The van der Waals surface area contributed by atoms with E-state index in [0.717, 1.165) is 18.4 Å². The number of carbonyl (C=O) groups excluding carboxylic acids is 2. The molecule has 0 atom stereocenters. The van der Waals surface area contributed by atoms with Crippen LogP contribution in [0.5, 0.6) is 0 Å². The van der Waals surface area contributed by atoms with Gasteiger partial charge in [-0.2, -0.15) is 0 Å². The molecule has 0 bridgehead atoms. The third kappa shape index (κ3) is 6.72. The zero-order chi connectivity index (χ0) is 18.4. The third-order valence-electron chi connectivity index (χ3n) is 4.16. The lowest BCUT2D eigenvalue weighted by molar-refractivity contribution is -0.122. The van der Waals surface area contributed by atoms with Gasteiger partial charge in [-0.1, -0.05) is 12.1 Å². The summed E-state index contributed by atoms with van der Waals surface area (Å²) in [5, 5.41) is 5.98. The summed E-state index contributed by atoms with van der Waals surface area (Å²) in [6.45, 7) is 7.14. The number of carbonyl (C=O) groups is 2. The highest BCUT2D eigenvalue weighted by Crippen LogP contribution is 2.13. The molecule has 6 heteroatoms. The summed E-state index contributed by atoms with van der Waals surface area (Å²) in [6.07, 6.45) is 2.37.